The maximum atomic E-state index is 4.37. The molecule has 2 rings (SSSR count). The number of hydrogen-bond acceptors (Lipinski definition) is 4. The molecule has 4 nitrogen and oxygen atoms in total. The summed E-state index contributed by atoms with van der Waals surface area (Å²) >= 11 is 0. The predicted octanol–water partition coefficient (Wildman–Crippen LogP) is 1.68. The average Bonchev–Trinajstić information content (AvgIpc) is 2.38. The smallest absolute Gasteiger partial charge is 0.139 e. The summed E-state index contributed by atoms with van der Waals surface area (Å²) in [6.07, 6.45) is 1.63. The molecule has 0 atom stereocenters. The standard InChI is InChI=1S/C13H18N4/c1-3-14-8-9-17(2)13-11-6-4-5-7-12(11)15-10-16-13/h4-7,10,14H,3,8-9H2,1-2H3. The Morgan fingerprint density at radius 3 is 2.88 bits per heavy atom. The quantitative estimate of drug-likeness (QED) is 0.793. The Kier molecular flexibility index (Phi) is 3.88. The van der Waals surface area contributed by atoms with Crippen LogP contribution in [0.4, 0.5) is 5.82 Å². The first-order valence-corrected chi connectivity index (χ1v) is 5.94. The van der Waals surface area contributed by atoms with Crippen LogP contribution in [0.2, 0.25) is 0 Å². The molecule has 0 spiro atoms. The maximum Gasteiger partial charge on any atom is 0.139 e. The fourth-order valence-electron chi connectivity index (χ4n) is 1.82. The average molecular weight is 230 g/mol. The van der Waals surface area contributed by atoms with E-state index in [1.165, 1.54) is 0 Å². The molecule has 0 radical (unpaired) electrons. The topological polar surface area (TPSA) is 41.0 Å². The summed E-state index contributed by atoms with van der Waals surface area (Å²) < 4.78 is 0. The van der Waals surface area contributed by atoms with Crippen molar-refractivity contribution in [3.05, 3.63) is 30.6 Å². The molecule has 17 heavy (non-hydrogen) atoms. The van der Waals surface area contributed by atoms with E-state index in [-0.39, 0.29) is 0 Å². The molecule has 1 N–H and O–H groups in total. The third-order valence-corrected chi connectivity index (χ3v) is 2.76. The number of hydrogen-bond donors (Lipinski definition) is 1. The van der Waals surface area contributed by atoms with Gasteiger partial charge in [-0.25, -0.2) is 9.97 Å². The summed E-state index contributed by atoms with van der Waals surface area (Å²) in [4.78, 5) is 10.8. The van der Waals surface area contributed by atoms with Gasteiger partial charge in [-0.3, -0.25) is 0 Å². The number of anilines is 1. The SMILES string of the molecule is CCNCCN(C)c1ncnc2ccccc12. The minimum atomic E-state index is 0.939. The van der Waals surface area contributed by atoms with Crippen LogP contribution in [0.15, 0.2) is 30.6 Å². The van der Waals surface area contributed by atoms with E-state index < -0.39 is 0 Å². The van der Waals surface area contributed by atoms with Gasteiger partial charge in [0.1, 0.15) is 12.1 Å². The summed E-state index contributed by atoms with van der Waals surface area (Å²) in [7, 11) is 2.06. The van der Waals surface area contributed by atoms with Gasteiger partial charge in [0, 0.05) is 25.5 Å². The van der Waals surface area contributed by atoms with Crippen molar-refractivity contribution in [3.63, 3.8) is 0 Å². The lowest BCUT2D eigenvalue weighted by Crippen LogP contribution is -2.29. The number of likely N-dealkylation sites (N-methyl/N-ethyl adjacent to an activating group) is 2. The zero-order valence-electron chi connectivity index (χ0n) is 10.3. The number of nitrogens with one attached hydrogen (secondary N) is 1. The molecule has 0 saturated carbocycles. The van der Waals surface area contributed by atoms with Gasteiger partial charge in [-0.1, -0.05) is 19.1 Å². The minimum absolute atomic E-state index is 0.939. The zero-order valence-corrected chi connectivity index (χ0v) is 10.3. The summed E-state index contributed by atoms with van der Waals surface area (Å²) in [6.45, 7) is 5.01. The van der Waals surface area contributed by atoms with Crippen molar-refractivity contribution in [2.75, 3.05) is 31.6 Å². The van der Waals surface area contributed by atoms with E-state index in [0.717, 1.165) is 36.4 Å². The number of nitrogens with zero attached hydrogens (tertiary/aromatic N) is 3. The Morgan fingerprint density at radius 2 is 2.06 bits per heavy atom. The van der Waals surface area contributed by atoms with Gasteiger partial charge < -0.3 is 10.2 Å². The largest absolute Gasteiger partial charge is 0.358 e. The molecule has 0 unspecified atom stereocenters. The van der Waals surface area contributed by atoms with Crippen molar-refractivity contribution in [1.82, 2.24) is 15.3 Å². The highest BCUT2D eigenvalue weighted by Crippen LogP contribution is 2.20. The highest BCUT2D eigenvalue weighted by molar-refractivity contribution is 5.88. The fourth-order valence-corrected chi connectivity index (χ4v) is 1.82. The van der Waals surface area contributed by atoms with Crippen molar-refractivity contribution in [1.29, 1.82) is 0 Å². The van der Waals surface area contributed by atoms with E-state index in [0.29, 0.717) is 0 Å². The number of rotatable bonds is 5. The van der Waals surface area contributed by atoms with Crippen LogP contribution in [0.3, 0.4) is 0 Å². The van der Waals surface area contributed by atoms with Crippen LogP contribution in [-0.2, 0) is 0 Å². The van der Waals surface area contributed by atoms with E-state index in [1.54, 1.807) is 6.33 Å². The normalized spacial score (nSPS) is 10.7. The van der Waals surface area contributed by atoms with Gasteiger partial charge in [0.2, 0.25) is 0 Å². The second-order valence-corrected chi connectivity index (χ2v) is 3.99. The number of para-hydroxylation sites is 1. The van der Waals surface area contributed by atoms with Gasteiger partial charge >= 0.3 is 0 Å². The first-order valence-electron chi connectivity index (χ1n) is 5.94. The van der Waals surface area contributed by atoms with E-state index >= 15 is 0 Å². The summed E-state index contributed by atoms with van der Waals surface area (Å²) in [6, 6.07) is 8.10. The lowest BCUT2D eigenvalue weighted by atomic mass is 10.2. The fraction of sp³-hybridized carbons (Fsp3) is 0.385. The molecule has 0 bridgehead atoms. The van der Waals surface area contributed by atoms with Crippen LogP contribution < -0.4 is 10.2 Å². The monoisotopic (exact) mass is 230 g/mol. The van der Waals surface area contributed by atoms with Crippen LogP contribution in [0.1, 0.15) is 6.92 Å². The number of fused-ring (bicyclic) bond motifs is 1. The van der Waals surface area contributed by atoms with Crippen LogP contribution in [0.5, 0.6) is 0 Å². The van der Waals surface area contributed by atoms with E-state index in [1.807, 2.05) is 18.2 Å². The molecule has 90 valence electrons. The first kappa shape index (κ1) is 11.8. The molecule has 1 aromatic carbocycles. The van der Waals surface area contributed by atoms with Gasteiger partial charge in [0.05, 0.1) is 5.52 Å². The molecular weight excluding hydrogens is 212 g/mol. The Balaban J connectivity index is 2.22. The lowest BCUT2D eigenvalue weighted by molar-refractivity contribution is 0.703. The van der Waals surface area contributed by atoms with E-state index in [2.05, 4.69) is 40.2 Å². The van der Waals surface area contributed by atoms with Gasteiger partial charge in [-0.05, 0) is 18.7 Å². The van der Waals surface area contributed by atoms with Crippen LogP contribution in [0.25, 0.3) is 10.9 Å². The molecular formula is C13H18N4. The summed E-state index contributed by atoms with van der Waals surface area (Å²) in [5, 5.41) is 4.42. The molecule has 2 aromatic rings. The highest BCUT2D eigenvalue weighted by Gasteiger charge is 2.07. The molecule has 1 aromatic heterocycles. The highest BCUT2D eigenvalue weighted by atomic mass is 15.2. The molecule has 0 fully saturated rings. The van der Waals surface area contributed by atoms with Crippen molar-refractivity contribution < 1.29 is 0 Å². The summed E-state index contributed by atoms with van der Waals surface area (Å²) in [5.41, 5.74) is 0.993. The lowest BCUT2D eigenvalue weighted by Gasteiger charge is -2.19. The summed E-state index contributed by atoms with van der Waals surface area (Å²) in [5.74, 6) is 0.994. The second kappa shape index (κ2) is 5.59. The minimum Gasteiger partial charge on any atom is -0.358 e. The maximum absolute atomic E-state index is 4.37. The van der Waals surface area contributed by atoms with Gasteiger partial charge in [0.25, 0.3) is 0 Å². The van der Waals surface area contributed by atoms with Crippen LogP contribution in [0, 0.1) is 0 Å². The first-order chi connectivity index (χ1) is 8.33. The molecule has 0 aliphatic heterocycles. The van der Waals surface area contributed by atoms with Gasteiger partial charge in [0.15, 0.2) is 0 Å². The third kappa shape index (κ3) is 2.71. The molecule has 0 amide bonds. The molecule has 0 aliphatic rings. The molecule has 1 heterocycles. The van der Waals surface area contributed by atoms with Crippen molar-refractivity contribution in [2.24, 2.45) is 0 Å². The number of aromatic nitrogens is 2. The van der Waals surface area contributed by atoms with Crippen LogP contribution in [-0.4, -0.2) is 36.6 Å². The Hall–Kier alpha value is -1.68. The Morgan fingerprint density at radius 1 is 1.24 bits per heavy atom. The van der Waals surface area contributed by atoms with Crippen molar-refractivity contribution >= 4 is 16.7 Å². The predicted molar refractivity (Wildman–Crippen MR) is 71.4 cm³/mol. The van der Waals surface area contributed by atoms with E-state index in [9.17, 15) is 0 Å². The molecule has 4 heteroatoms. The second-order valence-electron chi connectivity index (χ2n) is 3.99. The van der Waals surface area contributed by atoms with Gasteiger partial charge in [-0.2, -0.15) is 0 Å². The Labute approximate surface area is 102 Å². The molecule has 0 saturated heterocycles. The van der Waals surface area contributed by atoms with Crippen molar-refractivity contribution in [3.8, 4) is 0 Å². The number of benzene rings is 1. The van der Waals surface area contributed by atoms with Crippen molar-refractivity contribution in [2.45, 2.75) is 6.92 Å². The van der Waals surface area contributed by atoms with Crippen LogP contribution >= 0.6 is 0 Å². The molecule has 0 aliphatic carbocycles. The zero-order chi connectivity index (χ0) is 12.1. The van der Waals surface area contributed by atoms with Gasteiger partial charge in [-0.15, -0.1) is 0 Å². The third-order valence-electron chi connectivity index (χ3n) is 2.76. The van der Waals surface area contributed by atoms with E-state index in [4.69, 9.17) is 0 Å². The Bertz CT molecular complexity index is 478.